The predicted molar refractivity (Wildman–Crippen MR) is 88.2 cm³/mol. The van der Waals surface area contributed by atoms with Crippen LogP contribution >= 0.6 is 0 Å². The number of nitrogens with one attached hydrogen (secondary N) is 1. The third kappa shape index (κ3) is 3.17. The van der Waals surface area contributed by atoms with Crippen LogP contribution in [0.15, 0.2) is 42.7 Å². The molecule has 6 nitrogen and oxygen atoms in total. The Labute approximate surface area is 141 Å². The molecule has 0 bridgehead atoms. The first kappa shape index (κ1) is 16.2. The van der Waals surface area contributed by atoms with Crippen LogP contribution < -0.4 is 5.32 Å². The average Bonchev–Trinajstić information content (AvgIpc) is 3.13. The number of ether oxygens (including phenoxy) is 1. The summed E-state index contributed by atoms with van der Waals surface area (Å²) in [5.74, 6) is -0.228. The lowest BCUT2D eigenvalue weighted by atomic mass is 9.80. The number of amides is 1. The largest absolute Gasteiger partial charge is 0.381 e. The maximum Gasteiger partial charge on any atom is 0.241 e. The summed E-state index contributed by atoms with van der Waals surface area (Å²) in [6, 6.07) is 11.7. The zero-order valence-electron chi connectivity index (χ0n) is 13.6. The number of carbonyl (C=O) groups is 1. The highest BCUT2D eigenvalue weighted by atomic mass is 16.5. The third-order valence-corrected chi connectivity index (χ3v) is 4.47. The van der Waals surface area contributed by atoms with E-state index in [-0.39, 0.29) is 11.9 Å². The number of para-hydroxylation sites is 1. The van der Waals surface area contributed by atoms with E-state index in [4.69, 9.17) is 4.74 Å². The molecular weight excluding hydrogens is 304 g/mol. The minimum absolute atomic E-state index is 0.219. The minimum atomic E-state index is -0.984. The van der Waals surface area contributed by atoms with Gasteiger partial charge < -0.3 is 10.1 Å². The molecule has 1 atom stereocenters. The van der Waals surface area contributed by atoms with Crippen molar-refractivity contribution in [3.8, 4) is 11.8 Å². The first-order valence-electron chi connectivity index (χ1n) is 8.04. The van der Waals surface area contributed by atoms with Gasteiger partial charge in [-0.1, -0.05) is 18.2 Å². The molecule has 2 heterocycles. The molecule has 1 aromatic carbocycles. The fraction of sp³-hybridized carbons (Fsp3) is 0.389. The van der Waals surface area contributed by atoms with E-state index in [1.165, 1.54) is 0 Å². The van der Waals surface area contributed by atoms with Crippen molar-refractivity contribution in [2.45, 2.75) is 25.8 Å². The second-order valence-electron chi connectivity index (χ2n) is 6.06. The number of hydrogen-bond acceptors (Lipinski definition) is 4. The lowest BCUT2D eigenvalue weighted by molar-refractivity contribution is -0.133. The summed E-state index contributed by atoms with van der Waals surface area (Å²) in [4.78, 5) is 12.6. The summed E-state index contributed by atoms with van der Waals surface area (Å²) >= 11 is 0. The Morgan fingerprint density at radius 2 is 2.08 bits per heavy atom. The third-order valence-electron chi connectivity index (χ3n) is 4.47. The summed E-state index contributed by atoms with van der Waals surface area (Å²) in [5, 5.41) is 16.8. The van der Waals surface area contributed by atoms with Crippen molar-refractivity contribution in [3.63, 3.8) is 0 Å². The SMILES string of the molecule is C[C@H](NC(=O)C1(C#N)CCOCC1)c1cnn(-c2ccccc2)c1. The molecule has 0 unspecified atom stereocenters. The van der Waals surface area contributed by atoms with E-state index in [9.17, 15) is 10.1 Å². The van der Waals surface area contributed by atoms with E-state index in [0.717, 1.165) is 11.3 Å². The monoisotopic (exact) mass is 324 g/mol. The van der Waals surface area contributed by atoms with Gasteiger partial charge in [0.1, 0.15) is 5.41 Å². The number of nitrogens with zero attached hydrogens (tertiary/aromatic N) is 3. The quantitative estimate of drug-likeness (QED) is 0.936. The summed E-state index contributed by atoms with van der Waals surface area (Å²) in [5.41, 5.74) is 0.870. The number of nitriles is 1. The number of benzene rings is 1. The van der Waals surface area contributed by atoms with Crippen LogP contribution in [0.25, 0.3) is 5.69 Å². The molecule has 24 heavy (non-hydrogen) atoms. The molecule has 1 aliphatic rings. The van der Waals surface area contributed by atoms with Crippen LogP contribution in [0, 0.1) is 16.7 Å². The molecule has 1 amide bonds. The maximum absolute atomic E-state index is 12.6. The van der Waals surface area contributed by atoms with Crippen LogP contribution in [0.5, 0.6) is 0 Å². The Kier molecular flexibility index (Phi) is 4.63. The van der Waals surface area contributed by atoms with Crippen LogP contribution in [0.2, 0.25) is 0 Å². The fourth-order valence-corrected chi connectivity index (χ4v) is 2.81. The first-order valence-corrected chi connectivity index (χ1v) is 8.04. The van der Waals surface area contributed by atoms with E-state index >= 15 is 0 Å². The Balaban J connectivity index is 1.71. The summed E-state index contributed by atoms with van der Waals surface area (Å²) in [7, 11) is 0. The Bertz CT molecular complexity index is 742. The lowest BCUT2D eigenvalue weighted by Gasteiger charge is -2.30. The van der Waals surface area contributed by atoms with Crippen LogP contribution in [-0.2, 0) is 9.53 Å². The van der Waals surface area contributed by atoms with Gasteiger partial charge in [-0.25, -0.2) is 4.68 Å². The van der Waals surface area contributed by atoms with E-state index in [1.807, 2.05) is 43.5 Å². The molecule has 1 aliphatic heterocycles. The summed E-state index contributed by atoms with van der Waals surface area (Å²) in [6.07, 6.45) is 4.50. The van der Waals surface area contributed by atoms with Gasteiger partial charge in [0.15, 0.2) is 0 Å². The minimum Gasteiger partial charge on any atom is -0.381 e. The van der Waals surface area contributed by atoms with Crippen molar-refractivity contribution in [2.75, 3.05) is 13.2 Å². The molecule has 0 spiro atoms. The average molecular weight is 324 g/mol. The standard InChI is InChI=1S/C18H20N4O2/c1-14(21-17(23)18(13-19)7-9-24-10-8-18)15-11-20-22(12-15)16-5-3-2-4-6-16/h2-6,11-12,14H,7-10H2,1H3,(H,21,23)/t14-/m0/s1. The van der Waals surface area contributed by atoms with E-state index in [1.54, 1.807) is 10.9 Å². The van der Waals surface area contributed by atoms with Gasteiger partial charge in [0.05, 0.1) is 24.0 Å². The van der Waals surface area contributed by atoms with E-state index < -0.39 is 5.41 Å². The van der Waals surface area contributed by atoms with Gasteiger partial charge >= 0.3 is 0 Å². The normalized spacial score (nSPS) is 17.7. The number of hydrogen-bond donors (Lipinski definition) is 1. The lowest BCUT2D eigenvalue weighted by Crippen LogP contribution is -2.44. The number of rotatable bonds is 4. The molecule has 124 valence electrons. The second-order valence-corrected chi connectivity index (χ2v) is 6.06. The molecule has 0 radical (unpaired) electrons. The molecule has 1 fully saturated rings. The number of carbonyl (C=O) groups excluding carboxylic acids is 1. The molecular formula is C18H20N4O2. The Morgan fingerprint density at radius 3 is 2.75 bits per heavy atom. The van der Waals surface area contributed by atoms with Crippen molar-refractivity contribution in [1.82, 2.24) is 15.1 Å². The van der Waals surface area contributed by atoms with E-state index in [2.05, 4.69) is 16.5 Å². The van der Waals surface area contributed by atoms with Gasteiger partial charge in [0, 0.05) is 25.0 Å². The molecule has 0 saturated carbocycles. The van der Waals surface area contributed by atoms with Crippen LogP contribution in [0.1, 0.15) is 31.4 Å². The molecule has 0 aliphatic carbocycles. The highest BCUT2D eigenvalue weighted by Crippen LogP contribution is 2.30. The molecule has 6 heteroatoms. The maximum atomic E-state index is 12.6. The van der Waals surface area contributed by atoms with E-state index in [0.29, 0.717) is 26.1 Å². The topological polar surface area (TPSA) is 79.9 Å². The molecule has 2 aromatic rings. The van der Waals surface area contributed by atoms with Crippen LogP contribution in [0.4, 0.5) is 0 Å². The van der Waals surface area contributed by atoms with Crippen LogP contribution in [-0.4, -0.2) is 28.9 Å². The van der Waals surface area contributed by atoms with Gasteiger partial charge in [0.25, 0.3) is 0 Å². The molecule has 1 aromatic heterocycles. The van der Waals surface area contributed by atoms with Crippen molar-refractivity contribution in [1.29, 1.82) is 5.26 Å². The smallest absolute Gasteiger partial charge is 0.241 e. The van der Waals surface area contributed by atoms with Crippen molar-refractivity contribution in [2.24, 2.45) is 5.41 Å². The number of aromatic nitrogens is 2. The van der Waals surface area contributed by atoms with Crippen molar-refractivity contribution < 1.29 is 9.53 Å². The highest BCUT2D eigenvalue weighted by molar-refractivity contribution is 5.85. The Morgan fingerprint density at radius 1 is 1.38 bits per heavy atom. The van der Waals surface area contributed by atoms with Gasteiger partial charge in [0.2, 0.25) is 5.91 Å². The Hall–Kier alpha value is -2.65. The first-order chi connectivity index (χ1) is 11.6. The second kappa shape index (κ2) is 6.85. The molecule has 1 saturated heterocycles. The van der Waals surface area contributed by atoms with Gasteiger partial charge in [-0.05, 0) is 31.9 Å². The van der Waals surface area contributed by atoms with Crippen LogP contribution in [0.3, 0.4) is 0 Å². The summed E-state index contributed by atoms with van der Waals surface area (Å²) < 4.78 is 7.04. The predicted octanol–water partition coefficient (Wildman–Crippen LogP) is 2.37. The van der Waals surface area contributed by atoms with Gasteiger partial charge in [-0.15, -0.1) is 0 Å². The summed E-state index contributed by atoms with van der Waals surface area (Å²) in [6.45, 7) is 2.79. The van der Waals surface area contributed by atoms with Gasteiger partial charge in [-0.2, -0.15) is 10.4 Å². The van der Waals surface area contributed by atoms with Crippen molar-refractivity contribution >= 4 is 5.91 Å². The zero-order chi connectivity index (χ0) is 17.0. The fourth-order valence-electron chi connectivity index (χ4n) is 2.81. The molecule has 3 rings (SSSR count). The van der Waals surface area contributed by atoms with Crippen molar-refractivity contribution in [3.05, 3.63) is 48.3 Å². The highest BCUT2D eigenvalue weighted by Gasteiger charge is 2.41. The zero-order valence-corrected chi connectivity index (χ0v) is 13.6. The molecule has 1 N–H and O–H groups in total. The van der Waals surface area contributed by atoms with Gasteiger partial charge in [-0.3, -0.25) is 4.79 Å².